The largest absolute Gasteiger partial charge is 0.198 e. The summed E-state index contributed by atoms with van der Waals surface area (Å²) in [6, 6.07) is 2.21. The van der Waals surface area contributed by atoms with E-state index in [-0.39, 0.29) is 0 Å². The third-order valence-corrected chi connectivity index (χ3v) is 4.30. The quantitative estimate of drug-likeness (QED) is 0.199. The van der Waals surface area contributed by atoms with Crippen LogP contribution in [0.4, 0.5) is 0 Å². The van der Waals surface area contributed by atoms with Gasteiger partial charge in [-0.1, -0.05) is 89.7 Å². The second kappa shape index (κ2) is 20.2. The van der Waals surface area contributed by atoms with Gasteiger partial charge < -0.3 is 0 Å². The maximum absolute atomic E-state index is 8.44. The van der Waals surface area contributed by atoms with Gasteiger partial charge in [-0.2, -0.15) is 5.26 Å². The van der Waals surface area contributed by atoms with Crippen LogP contribution in [0, 0.1) is 11.3 Å². The van der Waals surface area contributed by atoms with Crippen molar-refractivity contribution in [3.05, 3.63) is 12.2 Å². The van der Waals surface area contributed by atoms with Crippen molar-refractivity contribution >= 4 is 0 Å². The maximum atomic E-state index is 8.44. The molecule has 0 aromatic carbocycles. The minimum Gasteiger partial charge on any atom is -0.198 e. The van der Waals surface area contributed by atoms with Crippen molar-refractivity contribution in [1.82, 2.24) is 0 Å². The number of unbranched alkanes of at least 4 members (excludes halogenated alkanes) is 15. The lowest BCUT2D eigenvalue weighted by molar-refractivity contribution is 0.557. The van der Waals surface area contributed by atoms with Crippen LogP contribution in [-0.2, 0) is 0 Å². The monoisotopic (exact) mass is 305 g/mol. The molecular weight excluding hydrogens is 266 g/mol. The highest BCUT2D eigenvalue weighted by molar-refractivity contribution is 4.81. The molecular formula is C21H39N. The zero-order valence-corrected chi connectivity index (χ0v) is 15.1. The van der Waals surface area contributed by atoms with Crippen LogP contribution in [0.2, 0.25) is 0 Å². The lowest BCUT2D eigenvalue weighted by Gasteiger charge is -2.01. The Bertz CT molecular complexity index is 262. The molecule has 0 saturated carbocycles. The van der Waals surface area contributed by atoms with Crippen LogP contribution in [0.3, 0.4) is 0 Å². The number of nitriles is 1. The molecule has 1 nitrogen and oxygen atoms in total. The maximum Gasteiger partial charge on any atom is 0.0621 e. The highest BCUT2D eigenvalue weighted by Gasteiger charge is 1.92. The van der Waals surface area contributed by atoms with Crippen LogP contribution in [0.1, 0.15) is 116 Å². The molecule has 0 aliphatic heterocycles. The fraction of sp³-hybridized carbons (Fsp3) is 0.857. The molecule has 0 fully saturated rings. The van der Waals surface area contributed by atoms with Crippen LogP contribution in [-0.4, -0.2) is 0 Å². The van der Waals surface area contributed by atoms with Crippen LogP contribution >= 0.6 is 0 Å². The number of hydrogen-bond acceptors (Lipinski definition) is 1. The third-order valence-electron chi connectivity index (χ3n) is 4.30. The Morgan fingerprint density at radius 1 is 0.591 bits per heavy atom. The molecule has 0 amide bonds. The normalized spacial score (nSPS) is 11.1. The molecule has 0 radical (unpaired) electrons. The lowest BCUT2D eigenvalue weighted by Crippen LogP contribution is -1.81. The van der Waals surface area contributed by atoms with Gasteiger partial charge in [-0.05, 0) is 32.1 Å². The van der Waals surface area contributed by atoms with Gasteiger partial charge >= 0.3 is 0 Å². The van der Waals surface area contributed by atoms with Gasteiger partial charge in [0.2, 0.25) is 0 Å². The van der Waals surface area contributed by atoms with Crippen LogP contribution in [0.5, 0.6) is 0 Å². The van der Waals surface area contributed by atoms with Crippen molar-refractivity contribution in [3.8, 4) is 6.07 Å². The van der Waals surface area contributed by atoms with E-state index in [4.69, 9.17) is 5.26 Å². The van der Waals surface area contributed by atoms with E-state index < -0.39 is 0 Å². The summed E-state index contributed by atoms with van der Waals surface area (Å²) >= 11 is 0. The van der Waals surface area contributed by atoms with Gasteiger partial charge in [-0.25, -0.2) is 0 Å². The average Bonchev–Trinajstić information content (AvgIpc) is 2.54. The molecule has 0 aliphatic carbocycles. The Morgan fingerprint density at radius 3 is 1.45 bits per heavy atom. The second-order valence-electron chi connectivity index (χ2n) is 6.55. The minimum absolute atomic E-state index is 0.731. The van der Waals surface area contributed by atoms with Gasteiger partial charge in [-0.15, -0.1) is 0 Å². The molecule has 0 spiro atoms. The third kappa shape index (κ3) is 19.2. The van der Waals surface area contributed by atoms with Crippen LogP contribution in [0.15, 0.2) is 12.2 Å². The van der Waals surface area contributed by atoms with Crippen molar-refractivity contribution in [2.45, 2.75) is 116 Å². The van der Waals surface area contributed by atoms with E-state index in [9.17, 15) is 0 Å². The summed E-state index contributed by atoms with van der Waals surface area (Å²) in [6.07, 6.45) is 27.1. The van der Waals surface area contributed by atoms with Crippen molar-refractivity contribution in [2.24, 2.45) is 0 Å². The van der Waals surface area contributed by atoms with Gasteiger partial charge in [0.1, 0.15) is 0 Å². The summed E-state index contributed by atoms with van der Waals surface area (Å²) in [5.74, 6) is 0. The topological polar surface area (TPSA) is 23.8 Å². The highest BCUT2D eigenvalue weighted by Crippen LogP contribution is 2.11. The summed E-state index contributed by atoms with van der Waals surface area (Å²) in [5, 5.41) is 8.44. The van der Waals surface area contributed by atoms with E-state index in [0.717, 1.165) is 12.8 Å². The van der Waals surface area contributed by atoms with Gasteiger partial charge in [0.15, 0.2) is 0 Å². The first-order valence-corrected chi connectivity index (χ1v) is 9.93. The molecule has 0 aromatic rings. The van der Waals surface area contributed by atoms with E-state index in [2.05, 4.69) is 25.1 Å². The van der Waals surface area contributed by atoms with Crippen molar-refractivity contribution in [1.29, 1.82) is 5.26 Å². The molecule has 0 aromatic heterocycles. The molecule has 0 unspecified atom stereocenters. The van der Waals surface area contributed by atoms with Gasteiger partial charge in [0, 0.05) is 6.42 Å². The predicted octanol–water partition coefficient (Wildman–Crippen LogP) is 7.72. The molecule has 0 rings (SSSR count). The summed E-state index contributed by atoms with van der Waals surface area (Å²) in [7, 11) is 0. The Balaban J connectivity index is 3.04. The Morgan fingerprint density at radius 2 is 1.00 bits per heavy atom. The number of hydrogen-bond donors (Lipinski definition) is 0. The Hall–Kier alpha value is -0.770. The molecule has 0 saturated heterocycles. The molecule has 0 N–H and O–H groups in total. The molecule has 0 aliphatic rings. The second-order valence-corrected chi connectivity index (χ2v) is 6.55. The summed E-state index contributed by atoms with van der Waals surface area (Å²) in [4.78, 5) is 0. The zero-order chi connectivity index (χ0) is 16.1. The number of rotatable bonds is 17. The average molecular weight is 306 g/mol. The molecule has 0 heterocycles. The molecule has 1 heteroatoms. The van der Waals surface area contributed by atoms with Gasteiger partial charge in [-0.3, -0.25) is 0 Å². The van der Waals surface area contributed by atoms with E-state index >= 15 is 0 Å². The first-order chi connectivity index (χ1) is 10.9. The molecule has 128 valence electrons. The SMILES string of the molecule is CCCCCCCCCCCCC=CCCCCCCC#N. The number of nitrogens with zero attached hydrogens (tertiary/aromatic N) is 1. The van der Waals surface area contributed by atoms with Gasteiger partial charge in [0.05, 0.1) is 6.07 Å². The van der Waals surface area contributed by atoms with Crippen LogP contribution < -0.4 is 0 Å². The smallest absolute Gasteiger partial charge is 0.0621 e. The highest BCUT2D eigenvalue weighted by atomic mass is 14.2. The minimum atomic E-state index is 0.731. The van der Waals surface area contributed by atoms with Gasteiger partial charge in [0.25, 0.3) is 0 Å². The fourth-order valence-corrected chi connectivity index (χ4v) is 2.81. The van der Waals surface area contributed by atoms with E-state index in [0.29, 0.717) is 0 Å². The van der Waals surface area contributed by atoms with Crippen LogP contribution in [0.25, 0.3) is 0 Å². The van der Waals surface area contributed by atoms with E-state index in [1.807, 2.05) is 0 Å². The van der Waals surface area contributed by atoms with E-state index in [1.54, 1.807) is 0 Å². The number of allylic oxidation sites excluding steroid dienone is 2. The molecule has 0 bridgehead atoms. The molecule has 0 atom stereocenters. The van der Waals surface area contributed by atoms with Crippen molar-refractivity contribution < 1.29 is 0 Å². The Labute approximate surface area is 140 Å². The lowest BCUT2D eigenvalue weighted by atomic mass is 10.1. The Kier molecular flexibility index (Phi) is 19.5. The summed E-state index contributed by atoms with van der Waals surface area (Å²) < 4.78 is 0. The van der Waals surface area contributed by atoms with Crippen molar-refractivity contribution in [3.63, 3.8) is 0 Å². The first-order valence-electron chi connectivity index (χ1n) is 9.93. The molecule has 22 heavy (non-hydrogen) atoms. The van der Waals surface area contributed by atoms with E-state index in [1.165, 1.54) is 96.3 Å². The summed E-state index contributed by atoms with van der Waals surface area (Å²) in [6.45, 7) is 2.28. The standard InChI is InChI=1S/C21H39N/c1-2-3-4-5-6-7-8-9-10-11-12-13-14-15-16-17-18-19-20-21-22/h13-14H,2-12,15-20H2,1H3. The van der Waals surface area contributed by atoms with Crippen molar-refractivity contribution in [2.75, 3.05) is 0 Å². The zero-order valence-electron chi connectivity index (χ0n) is 15.1. The fourth-order valence-electron chi connectivity index (χ4n) is 2.81. The summed E-state index contributed by atoms with van der Waals surface area (Å²) in [5.41, 5.74) is 0. The first kappa shape index (κ1) is 21.2. The predicted molar refractivity (Wildman–Crippen MR) is 98.9 cm³/mol.